The van der Waals surface area contributed by atoms with Crippen molar-refractivity contribution in [2.24, 2.45) is 0 Å². The van der Waals surface area contributed by atoms with Crippen molar-refractivity contribution in [3.05, 3.63) is 120 Å². The monoisotopic (exact) mass is 627 g/mol. The lowest BCUT2D eigenvalue weighted by Crippen LogP contribution is -2.55. The molecule has 0 fully saturated rings. The molecular formula is C36H41N3O5S. The molecule has 0 radical (unpaired) electrons. The fraction of sp³-hybridized carbons (Fsp3) is 0.278. The molecule has 0 unspecified atom stereocenters. The van der Waals surface area contributed by atoms with Gasteiger partial charge in [-0.25, -0.2) is 8.42 Å². The molecule has 4 aromatic rings. The number of carbonyl (C=O) groups is 2. The molecule has 0 spiro atoms. The topological polar surface area (TPSA) is 96.0 Å². The average Bonchev–Trinajstić information content (AvgIpc) is 3.01. The van der Waals surface area contributed by atoms with Gasteiger partial charge in [-0.15, -0.1) is 0 Å². The zero-order valence-electron chi connectivity index (χ0n) is 26.4. The average molecular weight is 628 g/mol. The maximum Gasteiger partial charge on any atom is 0.264 e. The Morgan fingerprint density at radius 1 is 0.800 bits per heavy atom. The lowest BCUT2D eigenvalue weighted by Gasteiger charge is -2.35. The first kappa shape index (κ1) is 33.3. The van der Waals surface area contributed by atoms with Crippen molar-refractivity contribution in [1.82, 2.24) is 10.2 Å². The Labute approximate surface area is 266 Å². The number of carbonyl (C=O) groups excluding carboxylic acids is 2. The van der Waals surface area contributed by atoms with Crippen LogP contribution in [0, 0.1) is 6.92 Å². The minimum atomic E-state index is -4.17. The summed E-state index contributed by atoms with van der Waals surface area (Å²) in [7, 11) is -4.17. The second-order valence-electron chi connectivity index (χ2n) is 11.8. The lowest BCUT2D eigenvalue weighted by atomic mass is 10.0. The summed E-state index contributed by atoms with van der Waals surface area (Å²) in [5, 5.41) is 2.99. The van der Waals surface area contributed by atoms with Crippen LogP contribution in [0.15, 0.2) is 114 Å². The van der Waals surface area contributed by atoms with E-state index in [1.807, 2.05) is 89.2 Å². The Balaban J connectivity index is 1.73. The number of nitrogens with one attached hydrogen (secondary N) is 1. The molecular weight excluding hydrogens is 586 g/mol. The molecule has 0 aromatic heterocycles. The van der Waals surface area contributed by atoms with Gasteiger partial charge >= 0.3 is 0 Å². The summed E-state index contributed by atoms with van der Waals surface area (Å²) in [5.41, 5.74) is 1.60. The maximum absolute atomic E-state index is 14.3. The van der Waals surface area contributed by atoms with Crippen LogP contribution in [0.1, 0.15) is 45.2 Å². The number of amides is 2. The minimum Gasteiger partial charge on any atom is -0.457 e. The lowest BCUT2D eigenvalue weighted by molar-refractivity contribution is -0.141. The summed E-state index contributed by atoms with van der Waals surface area (Å²) in [5.74, 6) is 0.352. The van der Waals surface area contributed by atoms with Gasteiger partial charge < -0.3 is 15.0 Å². The number of nitrogens with zero attached hydrogens (tertiary/aromatic N) is 2. The molecule has 0 saturated carbocycles. The normalized spacial score (nSPS) is 12.2. The smallest absolute Gasteiger partial charge is 0.264 e. The molecule has 236 valence electrons. The fourth-order valence-corrected chi connectivity index (χ4v) is 6.33. The molecule has 0 aliphatic heterocycles. The predicted octanol–water partition coefficient (Wildman–Crippen LogP) is 6.70. The summed E-state index contributed by atoms with van der Waals surface area (Å²) in [6, 6.07) is 30.6. The molecule has 2 amide bonds. The van der Waals surface area contributed by atoms with E-state index in [9.17, 15) is 18.0 Å². The third-order valence-electron chi connectivity index (χ3n) is 7.20. The van der Waals surface area contributed by atoms with Gasteiger partial charge in [0.15, 0.2) is 0 Å². The van der Waals surface area contributed by atoms with Gasteiger partial charge in [-0.2, -0.15) is 0 Å². The van der Waals surface area contributed by atoms with Crippen LogP contribution < -0.4 is 14.4 Å². The third kappa shape index (κ3) is 8.73. The number of hydrogen-bond donors (Lipinski definition) is 1. The summed E-state index contributed by atoms with van der Waals surface area (Å²) >= 11 is 0. The first-order chi connectivity index (χ1) is 21.4. The van der Waals surface area contributed by atoms with Gasteiger partial charge in [-0.3, -0.25) is 13.9 Å². The second kappa shape index (κ2) is 14.4. The number of anilines is 1. The van der Waals surface area contributed by atoms with Crippen molar-refractivity contribution in [2.45, 2.75) is 64.1 Å². The van der Waals surface area contributed by atoms with Crippen LogP contribution in [0.5, 0.6) is 11.5 Å². The number of benzene rings is 4. The third-order valence-corrected chi connectivity index (χ3v) is 8.99. The Morgan fingerprint density at radius 2 is 1.36 bits per heavy atom. The maximum atomic E-state index is 14.3. The van der Waals surface area contributed by atoms with Crippen molar-refractivity contribution >= 4 is 27.5 Å². The van der Waals surface area contributed by atoms with Gasteiger partial charge in [0.25, 0.3) is 10.0 Å². The highest BCUT2D eigenvalue weighted by Crippen LogP contribution is 2.29. The van der Waals surface area contributed by atoms with Crippen molar-refractivity contribution in [3.63, 3.8) is 0 Å². The molecule has 0 bridgehead atoms. The molecule has 0 saturated heterocycles. The van der Waals surface area contributed by atoms with E-state index in [0.717, 1.165) is 15.4 Å². The Kier molecular flexibility index (Phi) is 10.7. The van der Waals surface area contributed by atoms with E-state index in [-0.39, 0.29) is 23.0 Å². The van der Waals surface area contributed by atoms with Crippen LogP contribution in [-0.4, -0.2) is 43.3 Å². The van der Waals surface area contributed by atoms with E-state index in [0.29, 0.717) is 17.9 Å². The van der Waals surface area contributed by atoms with E-state index in [2.05, 4.69) is 5.32 Å². The van der Waals surface area contributed by atoms with Crippen molar-refractivity contribution in [3.8, 4) is 11.5 Å². The van der Waals surface area contributed by atoms with Crippen LogP contribution in [0.2, 0.25) is 0 Å². The van der Waals surface area contributed by atoms with Gasteiger partial charge in [-0.05, 0) is 93.8 Å². The van der Waals surface area contributed by atoms with E-state index in [1.54, 1.807) is 42.5 Å². The van der Waals surface area contributed by atoms with Crippen molar-refractivity contribution in [2.75, 3.05) is 10.8 Å². The Hall–Kier alpha value is -4.63. The zero-order valence-corrected chi connectivity index (χ0v) is 27.3. The quantitative estimate of drug-likeness (QED) is 0.189. The van der Waals surface area contributed by atoms with Gasteiger partial charge in [0.05, 0.1) is 10.6 Å². The number of rotatable bonds is 12. The van der Waals surface area contributed by atoms with Crippen LogP contribution >= 0.6 is 0 Å². The highest BCUT2D eigenvalue weighted by Gasteiger charge is 2.34. The predicted molar refractivity (Wildman–Crippen MR) is 178 cm³/mol. The van der Waals surface area contributed by atoms with Crippen LogP contribution in [0.4, 0.5) is 5.69 Å². The standard InChI is InChI=1S/C36H41N3O5S/c1-6-33(35(41)37-36(3,4)5)38(25-28-16-14-13-15-27(28)2)34(40)26-39(45(42,43)32-19-11-8-12-20-32)29-21-23-31(24-22-29)44-30-17-9-7-10-18-30/h7-24,33H,6,25-26H2,1-5H3,(H,37,41)/t33-/m1/s1. The van der Waals surface area contributed by atoms with Crippen LogP contribution in [-0.2, 0) is 26.2 Å². The summed E-state index contributed by atoms with van der Waals surface area (Å²) in [6.45, 7) is 9.06. The number of ether oxygens (including phenoxy) is 1. The van der Waals surface area contributed by atoms with Gasteiger partial charge in [0.1, 0.15) is 24.1 Å². The van der Waals surface area contributed by atoms with E-state index >= 15 is 0 Å². The van der Waals surface area contributed by atoms with E-state index in [1.165, 1.54) is 17.0 Å². The largest absolute Gasteiger partial charge is 0.457 e. The van der Waals surface area contributed by atoms with Gasteiger partial charge in [0.2, 0.25) is 11.8 Å². The van der Waals surface area contributed by atoms with Gasteiger partial charge in [-0.1, -0.05) is 67.6 Å². The van der Waals surface area contributed by atoms with E-state index in [4.69, 9.17) is 4.74 Å². The second-order valence-corrected chi connectivity index (χ2v) is 13.7. The molecule has 8 nitrogen and oxygen atoms in total. The molecule has 45 heavy (non-hydrogen) atoms. The molecule has 0 aliphatic rings. The Bertz CT molecular complexity index is 1690. The molecule has 0 aliphatic carbocycles. The minimum absolute atomic E-state index is 0.0467. The first-order valence-electron chi connectivity index (χ1n) is 15.0. The molecule has 4 rings (SSSR count). The molecule has 0 heterocycles. The Morgan fingerprint density at radius 3 is 1.93 bits per heavy atom. The fourth-order valence-electron chi connectivity index (χ4n) is 4.90. The number of sulfonamides is 1. The number of hydrogen-bond acceptors (Lipinski definition) is 5. The van der Waals surface area contributed by atoms with Gasteiger partial charge in [0, 0.05) is 12.1 Å². The summed E-state index contributed by atoms with van der Waals surface area (Å²) in [6.07, 6.45) is 0.344. The SMILES string of the molecule is CC[C@H](C(=O)NC(C)(C)C)N(Cc1ccccc1C)C(=O)CN(c1ccc(Oc2ccccc2)cc1)S(=O)(=O)c1ccccc1. The van der Waals surface area contributed by atoms with Crippen molar-refractivity contribution in [1.29, 1.82) is 0 Å². The van der Waals surface area contributed by atoms with Crippen molar-refractivity contribution < 1.29 is 22.7 Å². The number of para-hydroxylation sites is 1. The summed E-state index contributed by atoms with van der Waals surface area (Å²) in [4.78, 5) is 29.4. The molecule has 9 heteroatoms. The summed E-state index contributed by atoms with van der Waals surface area (Å²) < 4.78 is 35.2. The zero-order chi connectivity index (χ0) is 32.6. The molecule has 1 N–H and O–H groups in total. The number of aryl methyl sites for hydroxylation is 1. The first-order valence-corrected chi connectivity index (χ1v) is 16.4. The molecule has 4 aromatic carbocycles. The highest BCUT2D eigenvalue weighted by molar-refractivity contribution is 7.92. The highest BCUT2D eigenvalue weighted by atomic mass is 32.2. The molecule has 1 atom stereocenters. The van der Waals surface area contributed by atoms with E-state index < -0.39 is 34.1 Å². The van der Waals surface area contributed by atoms with Crippen LogP contribution in [0.3, 0.4) is 0 Å². The van der Waals surface area contributed by atoms with Crippen LogP contribution in [0.25, 0.3) is 0 Å².